The summed E-state index contributed by atoms with van der Waals surface area (Å²) >= 11 is 8.21. The van der Waals surface area contributed by atoms with Gasteiger partial charge in [0.15, 0.2) is 0 Å². The largest absolute Gasteiger partial charge is 0.313 e. The van der Waals surface area contributed by atoms with Gasteiger partial charge in [-0.3, -0.25) is 0 Å². The number of thioether (sulfide) groups is 1. The summed E-state index contributed by atoms with van der Waals surface area (Å²) in [6.07, 6.45) is 3.92. The highest BCUT2D eigenvalue weighted by atomic mass is 35.5. The number of nitrogens with one attached hydrogen (secondary N) is 1. The summed E-state index contributed by atoms with van der Waals surface area (Å²) in [6, 6.07) is 8.82. The number of halogens is 1. The van der Waals surface area contributed by atoms with Gasteiger partial charge in [0.25, 0.3) is 0 Å². The maximum Gasteiger partial charge on any atom is 0.0541 e. The number of hydrogen-bond acceptors (Lipinski definition) is 2. The molecule has 0 bridgehead atoms. The highest BCUT2D eigenvalue weighted by Crippen LogP contribution is 2.38. The van der Waals surface area contributed by atoms with Gasteiger partial charge in [-0.1, -0.05) is 37.6 Å². The molecular weight excluding hydrogens is 262 g/mol. The standard InChI is InChI=1S/C15H22ClNS/c1-3-17-13-9-8-11(2)10-15(13)18-14-7-5-4-6-12(14)16/h4-7,11,13,15,17H,3,8-10H2,1-2H3. The van der Waals surface area contributed by atoms with Gasteiger partial charge < -0.3 is 5.32 Å². The smallest absolute Gasteiger partial charge is 0.0541 e. The van der Waals surface area contributed by atoms with Gasteiger partial charge in [0.05, 0.1) is 5.02 Å². The van der Waals surface area contributed by atoms with E-state index in [0.29, 0.717) is 11.3 Å². The van der Waals surface area contributed by atoms with E-state index in [9.17, 15) is 0 Å². The zero-order chi connectivity index (χ0) is 13.0. The highest BCUT2D eigenvalue weighted by molar-refractivity contribution is 8.00. The molecular formula is C15H22ClNS. The topological polar surface area (TPSA) is 12.0 Å². The van der Waals surface area contributed by atoms with Crippen LogP contribution in [0.25, 0.3) is 0 Å². The van der Waals surface area contributed by atoms with Gasteiger partial charge in [0, 0.05) is 16.2 Å². The van der Waals surface area contributed by atoms with Crippen molar-refractivity contribution in [3.63, 3.8) is 0 Å². The Morgan fingerprint density at radius 3 is 2.83 bits per heavy atom. The van der Waals surface area contributed by atoms with Crippen molar-refractivity contribution < 1.29 is 0 Å². The molecule has 3 unspecified atom stereocenters. The molecule has 1 aromatic carbocycles. The van der Waals surface area contributed by atoms with E-state index in [1.165, 1.54) is 24.2 Å². The molecule has 100 valence electrons. The van der Waals surface area contributed by atoms with Crippen LogP contribution >= 0.6 is 23.4 Å². The summed E-state index contributed by atoms with van der Waals surface area (Å²) < 4.78 is 0. The molecule has 0 aromatic heterocycles. The van der Waals surface area contributed by atoms with E-state index < -0.39 is 0 Å². The molecule has 0 amide bonds. The number of benzene rings is 1. The SMILES string of the molecule is CCNC1CCC(C)CC1Sc1ccccc1Cl. The second-order valence-corrected chi connectivity index (χ2v) is 6.86. The first-order chi connectivity index (χ1) is 8.70. The lowest BCUT2D eigenvalue weighted by Crippen LogP contribution is -2.42. The average Bonchev–Trinajstić information content (AvgIpc) is 2.36. The summed E-state index contributed by atoms with van der Waals surface area (Å²) in [5, 5.41) is 5.16. The molecule has 0 saturated heterocycles. The second kappa shape index (κ2) is 6.83. The van der Waals surface area contributed by atoms with Crippen LogP contribution in [0.2, 0.25) is 5.02 Å². The normalized spacial score (nSPS) is 28.3. The van der Waals surface area contributed by atoms with E-state index in [0.717, 1.165) is 17.5 Å². The van der Waals surface area contributed by atoms with Crippen molar-refractivity contribution in [2.24, 2.45) is 5.92 Å². The molecule has 1 nitrogen and oxygen atoms in total. The molecule has 3 heteroatoms. The van der Waals surface area contributed by atoms with Crippen LogP contribution in [0.4, 0.5) is 0 Å². The van der Waals surface area contributed by atoms with Gasteiger partial charge in [-0.05, 0) is 43.9 Å². The number of hydrogen-bond donors (Lipinski definition) is 1. The fourth-order valence-electron chi connectivity index (χ4n) is 2.66. The molecule has 1 fully saturated rings. The molecule has 0 aliphatic heterocycles. The lowest BCUT2D eigenvalue weighted by atomic mass is 9.87. The quantitative estimate of drug-likeness (QED) is 0.867. The third-order valence-electron chi connectivity index (χ3n) is 3.64. The molecule has 1 aliphatic carbocycles. The summed E-state index contributed by atoms with van der Waals surface area (Å²) in [6.45, 7) is 5.61. The van der Waals surface area contributed by atoms with Crippen LogP contribution in [0.3, 0.4) is 0 Å². The van der Waals surface area contributed by atoms with Crippen molar-refractivity contribution >= 4 is 23.4 Å². The van der Waals surface area contributed by atoms with Crippen molar-refractivity contribution in [3.05, 3.63) is 29.3 Å². The molecule has 0 radical (unpaired) electrons. The Hall–Kier alpha value is -0.180. The molecule has 1 aliphatic rings. The Morgan fingerprint density at radius 2 is 2.11 bits per heavy atom. The second-order valence-electron chi connectivity index (χ2n) is 5.17. The van der Waals surface area contributed by atoms with Crippen molar-refractivity contribution in [1.29, 1.82) is 0 Å². The molecule has 2 rings (SSSR count). The van der Waals surface area contributed by atoms with Gasteiger partial charge in [0.2, 0.25) is 0 Å². The Labute approximate surface area is 120 Å². The third kappa shape index (κ3) is 3.66. The first-order valence-corrected chi connectivity index (χ1v) is 8.11. The van der Waals surface area contributed by atoms with Crippen molar-refractivity contribution in [1.82, 2.24) is 5.32 Å². The van der Waals surface area contributed by atoms with E-state index in [1.807, 2.05) is 23.9 Å². The van der Waals surface area contributed by atoms with Crippen LogP contribution in [-0.2, 0) is 0 Å². The van der Waals surface area contributed by atoms with E-state index >= 15 is 0 Å². The minimum absolute atomic E-state index is 0.632. The van der Waals surface area contributed by atoms with Crippen LogP contribution in [0.5, 0.6) is 0 Å². The molecule has 1 aromatic rings. The fraction of sp³-hybridized carbons (Fsp3) is 0.600. The van der Waals surface area contributed by atoms with Gasteiger partial charge in [-0.15, -0.1) is 11.8 Å². The summed E-state index contributed by atoms with van der Waals surface area (Å²) in [5.74, 6) is 0.833. The molecule has 18 heavy (non-hydrogen) atoms. The van der Waals surface area contributed by atoms with Gasteiger partial charge >= 0.3 is 0 Å². The van der Waals surface area contributed by atoms with Crippen molar-refractivity contribution in [2.75, 3.05) is 6.54 Å². The Bertz CT molecular complexity index is 383. The first-order valence-electron chi connectivity index (χ1n) is 6.85. The lowest BCUT2D eigenvalue weighted by molar-refractivity contribution is 0.321. The highest BCUT2D eigenvalue weighted by Gasteiger charge is 2.29. The molecule has 3 atom stereocenters. The van der Waals surface area contributed by atoms with Crippen molar-refractivity contribution in [2.45, 2.75) is 49.3 Å². The van der Waals surface area contributed by atoms with E-state index in [4.69, 9.17) is 11.6 Å². The Morgan fingerprint density at radius 1 is 1.33 bits per heavy atom. The average molecular weight is 284 g/mol. The Kier molecular flexibility index (Phi) is 5.40. The molecule has 0 spiro atoms. The molecule has 0 heterocycles. The van der Waals surface area contributed by atoms with Crippen LogP contribution in [-0.4, -0.2) is 17.8 Å². The fourth-order valence-corrected chi connectivity index (χ4v) is 4.41. The predicted octanol–water partition coefficient (Wildman–Crippen LogP) is 4.60. The van der Waals surface area contributed by atoms with Gasteiger partial charge in [0.1, 0.15) is 0 Å². The van der Waals surface area contributed by atoms with E-state index in [1.54, 1.807) is 0 Å². The van der Waals surface area contributed by atoms with E-state index in [-0.39, 0.29) is 0 Å². The minimum atomic E-state index is 0.632. The van der Waals surface area contributed by atoms with Gasteiger partial charge in [-0.2, -0.15) is 0 Å². The van der Waals surface area contributed by atoms with Crippen molar-refractivity contribution in [3.8, 4) is 0 Å². The monoisotopic (exact) mass is 283 g/mol. The Balaban J connectivity index is 2.06. The van der Waals surface area contributed by atoms with Crippen LogP contribution < -0.4 is 5.32 Å². The zero-order valence-corrected chi connectivity index (χ0v) is 12.7. The van der Waals surface area contributed by atoms with Crippen LogP contribution in [0.1, 0.15) is 33.1 Å². The van der Waals surface area contributed by atoms with Crippen LogP contribution in [0, 0.1) is 5.92 Å². The third-order valence-corrected chi connectivity index (χ3v) is 5.51. The summed E-state index contributed by atoms with van der Waals surface area (Å²) in [5.41, 5.74) is 0. The summed E-state index contributed by atoms with van der Waals surface area (Å²) in [4.78, 5) is 1.22. The number of rotatable bonds is 4. The molecule has 1 N–H and O–H groups in total. The molecule has 1 saturated carbocycles. The first kappa shape index (κ1) is 14.2. The maximum absolute atomic E-state index is 6.26. The predicted molar refractivity (Wildman–Crippen MR) is 81.6 cm³/mol. The summed E-state index contributed by atoms with van der Waals surface area (Å²) in [7, 11) is 0. The van der Waals surface area contributed by atoms with Crippen LogP contribution in [0.15, 0.2) is 29.2 Å². The van der Waals surface area contributed by atoms with E-state index in [2.05, 4.69) is 31.3 Å². The van der Waals surface area contributed by atoms with Gasteiger partial charge in [-0.25, -0.2) is 0 Å². The lowest BCUT2D eigenvalue weighted by Gasteiger charge is -2.35. The minimum Gasteiger partial charge on any atom is -0.313 e. The zero-order valence-electron chi connectivity index (χ0n) is 11.2. The maximum atomic E-state index is 6.26.